The number of hydrazone groups is 1. The number of carbonyl (C=O) groups is 1. The van der Waals surface area contributed by atoms with E-state index in [1.807, 2.05) is 14.1 Å². The van der Waals surface area contributed by atoms with Crippen molar-refractivity contribution in [3.05, 3.63) is 69.5 Å². The summed E-state index contributed by atoms with van der Waals surface area (Å²) in [6.45, 7) is 0.674. The number of benzene rings is 2. The summed E-state index contributed by atoms with van der Waals surface area (Å²) in [5.74, 6) is -0.539. The topological polar surface area (TPSA) is 88.1 Å². The minimum absolute atomic E-state index is 0.231. The molecule has 0 fully saturated rings. The summed E-state index contributed by atoms with van der Waals surface area (Å²) < 4.78 is 1.14. The molecule has 0 aliphatic rings. The normalized spacial score (nSPS) is 11.4. The van der Waals surface area contributed by atoms with E-state index in [-0.39, 0.29) is 11.8 Å². The predicted octanol–water partition coefficient (Wildman–Crippen LogP) is 1.33. The SMILES string of the molecule is C[NH+](C)CCC(=O)N/N=C/c1c(O)n(-c2ccccc2Cl)c(=O)c2ccccc12. The fraction of sp³-hybridized carbons (Fsp3) is 0.190. The van der Waals surface area contributed by atoms with Gasteiger partial charge in [-0.15, -0.1) is 0 Å². The van der Waals surface area contributed by atoms with Crippen LogP contribution >= 0.6 is 11.6 Å². The summed E-state index contributed by atoms with van der Waals surface area (Å²) >= 11 is 6.25. The molecule has 3 N–H and O–H groups in total. The highest BCUT2D eigenvalue weighted by Crippen LogP contribution is 2.28. The standard InChI is InChI=1S/C21H21ClN4O3/c1-25(2)12-11-19(27)24-23-13-16-14-7-3-4-8-15(14)20(28)26(21(16)29)18-10-6-5-9-17(18)22/h3-10,13,29H,11-12H2,1-2H3,(H,24,27)/p+1/b23-13+. The third-order valence-corrected chi connectivity index (χ3v) is 4.75. The Balaban J connectivity index is 2.08. The van der Waals surface area contributed by atoms with Crippen LogP contribution in [0, 0.1) is 0 Å². The second kappa shape index (κ2) is 8.89. The Morgan fingerprint density at radius 1 is 1.17 bits per heavy atom. The summed E-state index contributed by atoms with van der Waals surface area (Å²) in [7, 11) is 3.91. The number of halogens is 1. The van der Waals surface area contributed by atoms with E-state index in [0.717, 1.165) is 9.47 Å². The average Bonchev–Trinajstić information content (AvgIpc) is 2.70. The van der Waals surface area contributed by atoms with Crippen molar-refractivity contribution in [3.63, 3.8) is 0 Å². The maximum absolute atomic E-state index is 13.0. The molecule has 150 valence electrons. The second-order valence-corrected chi connectivity index (χ2v) is 7.28. The molecule has 8 heteroatoms. The minimum Gasteiger partial charge on any atom is -0.494 e. The van der Waals surface area contributed by atoms with Gasteiger partial charge >= 0.3 is 0 Å². The molecule has 0 atom stereocenters. The first-order valence-electron chi connectivity index (χ1n) is 9.12. The highest BCUT2D eigenvalue weighted by Gasteiger charge is 2.17. The van der Waals surface area contributed by atoms with Crippen LogP contribution in [0.4, 0.5) is 0 Å². The van der Waals surface area contributed by atoms with Gasteiger partial charge in [0, 0.05) is 10.8 Å². The number of fused-ring (bicyclic) bond motifs is 1. The molecule has 1 amide bonds. The molecule has 0 spiro atoms. The van der Waals surface area contributed by atoms with Crippen molar-refractivity contribution in [2.45, 2.75) is 6.42 Å². The molecule has 7 nitrogen and oxygen atoms in total. The van der Waals surface area contributed by atoms with Gasteiger partial charge in [0.2, 0.25) is 11.8 Å². The van der Waals surface area contributed by atoms with E-state index in [0.29, 0.717) is 40.0 Å². The molecule has 0 radical (unpaired) electrons. The van der Waals surface area contributed by atoms with Crippen molar-refractivity contribution in [1.29, 1.82) is 0 Å². The van der Waals surface area contributed by atoms with Gasteiger partial charge in [0.15, 0.2) is 0 Å². The lowest BCUT2D eigenvalue weighted by atomic mass is 10.1. The van der Waals surface area contributed by atoms with Crippen molar-refractivity contribution in [3.8, 4) is 11.6 Å². The summed E-state index contributed by atoms with van der Waals surface area (Å²) in [6, 6.07) is 13.6. The van der Waals surface area contributed by atoms with Crippen molar-refractivity contribution in [2.75, 3.05) is 20.6 Å². The predicted molar refractivity (Wildman–Crippen MR) is 114 cm³/mol. The van der Waals surface area contributed by atoms with Gasteiger partial charge in [-0.2, -0.15) is 5.10 Å². The first-order valence-corrected chi connectivity index (χ1v) is 9.50. The molecule has 29 heavy (non-hydrogen) atoms. The van der Waals surface area contributed by atoms with Gasteiger partial charge < -0.3 is 10.0 Å². The molecule has 2 aromatic carbocycles. The van der Waals surface area contributed by atoms with Crippen LogP contribution in [-0.2, 0) is 4.79 Å². The monoisotopic (exact) mass is 413 g/mol. The van der Waals surface area contributed by atoms with Gasteiger partial charge in [-0.05, 0) is 18.2 Å². The molecule has 3 aromatic rings. The third kappa shape index (κ3) is 4.47. The summed E-state index contributed by atoms with van der Waals surface area (Å²) in [6.07, 6.45) is 1.66. The summed E-state index contributed by atoms with van der Waals surface area (Å²) in [5.41, 5.74) is 2.72. The molecule has 3 rings (SSSR count). The number of quaternary nitrogens is 1. The van der Waals surface area contributed by atoms with Crippen molar-refractivity contribution in [2.24, 2.45) is 5.10 Å². The van der Waals surface area contributed by atoms with Crippen LogP contribution in [0.1, 0.15) is 12.0 Å². The Bertz CT molecular complexity index is 1140. The van der Waals surface area contributed by atoms with Crippen LogP contribution in [0.15, 0.2) is 58.4 Å². The lowest BCUT2D eigenvalue weighted by Crippen LogP contribution is -3.05. The van der Waals surface area contributed by atoms with E-state index in [1.165, 1.54) is 6.21 Å². The summed E-state index contributed by atoms with van der Waals surface area (Å²) in [4.78, 5) is 26.1. The van der Waals surface area contributed by atoms with Crippen LogP contribution in [0.2, 0.25) is 5.02 Å². The Kier molecular flexibility index (Phi) is 6.31. The van der Waals surface area contributed by atoms with Gasteiger partial charge in [0.1, 0.15) is 0 Å². The number of aromatic nitrogens is 1. The number of nitrogens with one attached hydrogen (secondary N) is 2. The molecule has 0 aliphatic carbocycles. The molecule has 0 aliphatic heterocycles. The molecule has 0 saturated heterocycles. The highest BCUT2D eigenvalue weighted by molar-refractivity contribution is 6.32. The molecular weight excluding hydrogens is 392 g/mol. The molecular formula is C21H22ClN4O3+. The first kappa shape index (κ1) is 20.6. The molecule has 0 saturated carbocycles. The number of pyridine rings is 1. The quantitative estimate of drug-likeness (QED) is 0.421. The molecule has 1 heterocycles. The fourth-order valence-electron chi connectivity index (χ4n) is 2.93. The third-order valence-electron chi connectivity index (χ3n) is 4.43. The number of amides is 1. The van der Waals surface area contributed by atoms with E-state index >= 15 is 0 Å². The van der Waals surface area contributed by atoms with Crippen molar-refractivity contribution in [1.82, 2.24) is 9.99 Å². The zero-order valence-corrected chi connectivity index (χ0v) is 16.9. The Hall–Kier alpha value is -3.16. The smallest absolute Gasteiger partial charge is 0.265 e. The van der Waals surface area contributed by atoms with Gasteiger partial charge in [0.05, 0.1) is 49.5 Å². The van der Waals surface area contributed by atoms with Gasteiger partial charge in [0.25, 0.3) is 5.56 Å². The van der Waals surface area contributed by atoms with Crippen LogP contribution < -0.4 is 15.9 Å². The fourth-order valence-corrected chi connectivity index (χ4v) is 3.15. The number of para-hydroxylation sites is 1. The number of carbonyl (C=O) groups excluding carboxylic acids is 1. The lowest BCUT2D eigenvalue weighted by molar-refractivity contribution is -0.857. The second-order valence-electron chi connectivity index (χ2n) is 6.88. The maximum Gasteiger partial charge on any atom is 0.265 e. The van der Waals surface area contributed by atoms with Crippen molar-refractivity contribution >= 4 is 34.5 Å². The average molecular weight is 414 g/mol. The van der Waals surface area contributed by atoms with Crippen LogP contribution in [-0.4, -0.2) is 42.4 Å². The molecule has 0 bridgehead atoms. The first-order chi connectivity index (χ1) is 13.9. The van der Waals surface area contributed by atoms with Gasteiger partial charge in [-0.1, -0.05) is 41.9 Å². The Labute approximate surface area is 172 Å². The largest absolute Gasteiger partial charge is 0.494 e. The van der Waals surface area contributed by atoms with E-state index < -0.39 is 5.56 Å². The number of nitrogens with zero attached hydrogens (tertiary/aromatic N) is 2. The number of aromatic hydroxyl groups is 1. The number of rotatable bonds is 6. The highest BCUT2D eigenvalue weighted by atomic mass is 35.5. The van der Waals surface area contributed by atoms with E-state index in [1.54, 1.807) is 48.5 Å². The Morgan fingerprint density at radius 3 is 2.52 bits per heavy atom. The molecule has 0 unspecified atom stereocenters. The molecule has 1 aromatic heterocycles. The lowest BCUT2D eigenvalue weighted by Gasteiger charge is -2.14. The zero-order chi connectivity index (χ0) is 21.0. The van der Waals surface area contributed by atoms with Crippen molar-refractivity contribution < 1.29 is 14.8 Å². The van der Waals surface area contributed by atoms with E-state index in [2.05, 4.69) is 10.5 Å². The van der Waals surface area contributed by atoms with E-state index in [4.69, 9.17) is 11.6 Å². The maximum atomic E-state index is 13.0. The van der Waals surface area contributed by atoms with E-state index in [9.17, 15) is 14.7 Å². The van der Waals surface area contributed by atoms with Crippen LogP contribution in [0.5, 0.6) is 5.88 Å². The van der Waals surface area contributed by atoms with Gasteiger partial charge in [-0.3, -0.25) is 9.59 Å². The summed E-state index contributed by atoms with van der Waals surface area (Å²) in [5, 5.41) is 16.1. The number of hydrogen-bond donors (Lipinski definition) is 3. The minimum atomic E-state index is -0.402. The number of hydrogen-bond acceptors (Lipinski definition) is 4. The zero-order valence-electron chi connectivity index (χ0n) is 16.1. The van der Waals surface area contributed by atoms with Crippen LogP contribution in [0.3, 0.4) is 0 Å². The Morgan fingerprint density at radius 2 is 1.83 bits per heavy atom. The van der Waals surface area contributed by atoms with Gasteiger partial charge in [-0.25, -0.2) is 9.99 Å². The van der Waals surface area contributed by atoms with Crippen LogP contribution in [0.25, 0.3) is 16.5 Å².